The fourth-order valence-corrected chi connectivity index (χ4v) is 0.956. The van der Waals surface area contributed by atoms with Crippen molar-refractivity contribution in [1.29, 1.82) is 0 Å². The highest BCUT2D eigenvalue weighted by Gasteiger charge is 2.30. The Balaban J connectivity index is 2.79. The van der Waals surface area contributed by atoms with Crippen molar-refractivity contribution in [2.75, 3.05) is 5.75 Å². The van der Waals surface area contributed by atoms with Gasteiger partial charge in [0.1, 0.15) is 5.69 Å². The van der Waals surface area contributed by atoms with Gasteiger partial charge in [-0.15, -0.1) is 0 Å². The molecule has 5 heteroatoms. The highest BCUT2D eigenvalue weighted by Crippen LogP contribution is 2.28. The van der Waals surface area contributed by atoms with Crippen LogP contribution in [0.15, 0.2) is 18.3 Å². The topological polar surface area (TPSA) is 12.9 Å². The third kappa shape index (κ3) is 3.84. The summed E-state index contributed by atoms with van der Waals surface area (Å²) in [7, 11) is 0. The Kier molecular flexibility index (Phi) is 4.04. The molecule has 1 heterocycles. The number of aromatic nitrogens is 1. The summed E-state index contributed by atoms with van der Waals surface area (Å²) >= 11 is 3.95. The molecule has 0 aliphatic heterocycles. The van der Waals surface area contributed by atoms with Crippen LogP contribution in [0.25, 0.3) is 0 Å². The van der Waals surface area contributed by atoms with E-state index >= 15 is 0 Å². The quantitative estimate of drug-likeness (QED) is 0.579. The van der Waals surface area contributed by atoms with Crippen LogP contribution in [0, 0.1) is 11.8 Å². The molecule has 0 bridgehead atoms. The molecule has 1 aromatic heterocycles. The van der Waals surface area contributed by atoms with E-state index in [2.05, 4.69) is 29.5 Å². The molecule has 1 nitrogen and oxygen atoms in total. The van der Waals surface area contributed by atoms with Gasteiger partial charge in [0.25, 0.3) is 0 Å². The maximum atomic E-state index is 12.1. The van der Waals surface area contributed by atoms with Gasteiger partial charge >= 0.3 is 6.18 Å². The molecule has 1 rings (SSSR count). The van der Waals surface area contributed by atoms with Crippen molar-refractivity contribution in [3.63, 3.8) is 0 Å². The van der Waals surface area contributed by atoms with Crippen LogP contribution in [0.5, 0.6) is 0 Å². The number of nitrogens with zero attached hydrogens (tertiary/aromatic N) is 1. The Morgan fingerprint density at radius 3 is 2.53 bits per heavy atom. The molecule has 1 aromatic rings. The molecular formula is C10H8F3NS. The fraction of sp³-hybridized carbons (Fsp3) is 0.300. The average molecular weight is 231 g/mol. The van der Waals surface area contributed by atoms with E-state index in [0.29, 0.717) is 17.9 Å². The maximum absolute atomic E-state index is 12.1. The minimum absolute atomic E-state index is 0.338. The first-order chi connectivity index (χ1) is 7.04. The van der Waals surface area contributed by atoms with Crippen LogP contribution in [-0.2, 0) is 6.18 Å². The molecule has 0 aromatic carbocycles. The first kappa shape index (κ1) is 11.9. The van der Waals surface area contributed by atoms with E-state index in [1.165, 1.54) is 6.07 Å². The van der Waals surface area contributed by atoms with Crippen LogP contribution in [0.1, 0.15) is 17.7 Å². The van der Waals surface area contributed by atoms with Gasteiger partial charge in [-0.1, -0.05) is 5.92 Å². The van der Waals surface area contributed by atoms with Gasteiger partial charge in [0.2, 0.25) is 0 Å². The largest absolute Gasteiger partial charge is 0.417 e. The van der Waals surface area contributed by atoms with Crippen molar-refractivity contribution in [1.82, 2.24) is 4.98 Å². The number of thiol groups is 1. The van der Waals surface area contributed by atoms with Gasteiger partial charge in [-0.3, -0.25) is 0 Å². The maximum Gasteiger partial charge on any atom is 0.417 e. The second-order valence-corrected chi connectivity index (χ2v) is 3.15. The first-order valence-electron chi connectivity index (χ1n) is 4.17. The molecule has 0 atom stereocenters. The fourth-order valence-electron chi connectivity index (χ4n) is 0.844. The Bertz CT molecular complexity index is 372. The van der Waals surface area contributed by atoms with Crippen LogP contribution in [0.3, 0.4) is 0 Å². The summed E-state index contributed by atoms with van der Waals surface area (Å²) in [5.41, 5.74) is -0.424. The Morgan fingerprint density at radius 2 is 2.07 bits per heavy atom. The lowest BCUT2D eigenvalue weighted by molar-refractivity contribution is -0.137. The Morgan fingerprint density at radius 1 is 1.33 bits per heavy atom. The van der Waals surface area contributed by atoms with Crippen molar-refractivity contribution < 1.29 is 13.2 Å². The summed E-state index contributed by atoms with van der Waals surface area (Å²) in [6.45, 7) is 0. The lowest BCUT2D eigenvalue weighted by atomic mass is 10.2. The predicted octanol–water partition coefficient (Wildman–Crippen LogP) is 2.77. The molecule has 0 aliphatic rings. The van der Waals surface area contributed by atoms with Gasteiger partial charge in [-0.2, -0.15) is 25.8 Å². The van der Waals surface area contributed by atoms with Crippen LogP contribution >= 0.6 is 12.6 Å². The summed E-state index contributed by atoms with van der Waals surface area (Å²) in [4.78, 5) is 3.60. The summed E-state index contributed by atoms with van der Waals surface area (Å²) in [5, 5.41) is 0. The zero-order chi connectivity index (χ0) is 11.3. The van der Waals surface area contributed by atoms with Crippen LogP contribution < -0.4 is 0 Å². The van der Waals surface area contributed by atoms with Crippen molar-refractivity contribution >= 4 is 12.6 Å². The Hall–Kier alpha value is -1.15. The number of hydrogen-bond acceptors (Lipinski definition) is 2. The zero-order valence-electron chi connectivity index (χ0n) is 7.67. The molecule has 0 unspecified atom stereocenters. The number of hydrogen-bond donors (Lipinski definition) is 1. The summed E-state index contributed by atoms with van der Waals surface area (Å²) < 4.78 is 36.4. The number of alkyl halides is 3. The van der Waals surface area contributed by atoms with Gasteiger partial charge in [0.15, 0.2) is 0 Å². The third-order valence-corrected chi connectivity index (χ3v) is 1.77. The van der Waals surface area contributed by atoms with E-state index in [9.17, 15) is 13.2 Å². The molecule has 0 amide bonds. The monoisotopic (exact) mass is 231 g/mol. The molecule has 0 spiro atoms. The van der Waals surface area contributed by atoms with Gasteiger partial charge in [-0.25, -0.2) is 4.98 Å². The molecule has 80 valence electrons. The van der Waals surface area contributed by atoms with Crippen molar-refractivity contribution in [3.8, 4) is 11.8 Å². The molecular weight excluding hydrogens is 223 g/mol. The van der Waals surface area contributed by atoms with Crippen molar-refractivity contribution in [3.05, 3.63) is 29.6 Å². The van der Waals surface area contributed by atoms with Crippen molar-refractivity contribution in [2.45, 2.75) is 12.6 Å². The lowest BCUT2D eigenvalue weighted by Gasteiger charge is -2.04. The highest BCUT2D eigenvalue weighted by molar-refractivity contribution is 7.80. The van der Waals surface area contributed by atoms with Gasteiger partial charge in [0.05, 0.1) is 5.56 Å². The molecule has 0 aliphatic carbocycles. The second-order valence-electron chi connectivity index (χ2n) is 2.71. The SMILES string of the molecule is FC(F)(F)c1ccc(C#CCCS)nc1. The summed E-state index contributed by atoms with van der Waals surface area (Å²) in [6, 6.07) is 2.23. The summed E-state index contributed by atoms with van der Waals surface area (Å²) in [6.07, 6.45) is -2.97. The number of pyridine rings is 1. The number of halogens is 3. The Labute approximate surface area is 91.1 Å². The van der Waals surface area contributed by atoms with E-state index in [4.69, 9.17) is 0 Å². The van der Waals surface area contributed by atoms with Gasteiger partial charge in [0, 0.05) is 18.4 Å². The second kappa shape index (κ2) is 5.08. The van der Waals surface area contributed by atoms with E-state index in [1.54, 1.807) is 0 Å². The standard InChI is InChI=1S/C10H8F3NS/c11-10(12,13)8-4-5-9(14-7-8)3-1-2-6-15/h4-5,7,15H,2,6H2. The summed E-state index contributed by atoms with van der Waals surface area (Å²) in [5.74, 6) is 6.00. The first-order valence-corrected chi connectivity index (χ1v) is 4.80. The van der Waals surface area contributed by atoms with Gasteiger partial charge in [-0.05, 0) is 18.1 Å². The van der Waals surface area contributed by atoms with E-state index in [1.807, 2.05) is 0 Å². The molecule has 0 fully saturated rings. The van der Waals surface area contributed by atoms with E-state index in [-0.39, 0.29) is 0 Å². The lowest BCUT2D eigenvalue weighted by Crippen LogP contribution is -2.05. The number of rotatable bonds is 1. The van der Waals surface area contributed by atoms with E-state index in [0.717, 1.165) is 12.3 Å². The minimum Gasteiger partial charge on any atom is -0.247 e. The molecule has 15 heavy (non-hydrogen) atoms. The van der Waals surface area contributed by atoms with Crippen LogP contribution in [0.4, 0.5) is 13.2 Å². The zero-order valence-corrected chi connectivity index (χ0v) is 8.57. The third-order valence-electron chi connectivity index (χ3n) is 1.54. The normalized spacial score (nSPS) is 10.7. The minimum atomic E-state index is -4.34. The predicted molar refractivity (Wildman–Crippen MR) is 54.6 cm³/mol. The van der Waals surface area contributed by atoms with Gasteiger partial charge < -0.3 is 0 Å². The van der Waals surface area contributed by atoms with E-state index < -0.39 is 11.7 Å². The highest BCUT2D eigenvalue weighted by atomic mass is 32.1. The molecule has 0 saturated carbocycles. The van der Waals surface area contributed by atoms with Crippen LogP contribution in [0.2, 0.25) is 0 Å². The molecule has 0 radical (unpaired) electrons. The van der Waals surface area contributed by atoms with Crippen LogP contribution in [-0.4, -0.2) is 10.7 Å². The smallest absolute Gasteiger partial charge is 0.247 e. The van der Waals surface area contributed by atoms with Crippen molar-refractivity contribution in [2.24, 2.45) is 0 Å². The molecule has 0 N–H and O–H groups in total. The molecule has 0 saturated heterocycles. The average Bonchev–Trinajstić information content (AvgIpc) is 2.18.